The van der Waals surface area contributed by atoms with Gasteiger partial charge in [-0.25, -0.2) is 9.78 Å². The molecule has 1 N–H and O–H groups in total. The normalized spacial score (nSPS) is 16.9. The monoisotopic (exact) mass is 360 g/mol. The summed E-state index contributed by atoms with van der Waals surface area (Å²) in [5, 5.41) is 10.0. The van der Waals surface area contributed by atoms with Crippen molar-refractivity contribution in [3.05, 3.63) is 34.8 Å². The zero-order chi connectivity index (χ0) is 18.0. The predicted molar refractivity (Wildman–Crippen MR) is 95.2 cm³/mol. The van der Waals surface area contributed by atoms with Crippen LogP contribution in [0, 0.1) is 6.92 Å². The van der Waals surface area contributed by atoms with Crippen molar-refractivity contribution in [3.8, 4) is 16.3 Å². The molecule has 0 spiro atoms. The summed E-state index contributed by atoms with van der Waals surface area (Å²) >= 11 is 1.30. The number of ether oxygens (including phenoxy) is 1. The highest BCUT2D eigenvalue weighted by Gasteiger charge is 2.35. The average molecular weight is 360 g/mol. The Morgan fingerprint density at radius 1 is 1.36 bits per heavy atom. The van der Waals surface area contributed by atoms with Gasteiger partial charge in [0.05, 0.1) is 12.3 Å². The quantitative estimate of drug-likeness (QED) is 0.886. The molecule has 1 aliphatic heterocycles. The first-order valence-electron chi connectivity index (χ1n) is 8.25. The molecule has 1 atom stereocenters. The largest absolute Gasteiger partial charge is 0.494 e. The molecule has 1 aromatic carbocycles. The van der Waals surface area contributed by atoms with Crippen molar-refractivity contribution in [1.82, 2.24) is 9.88 Å². The smallest absolute Gasteiger partial charge is 0.326 e. The highest BCUT2D eigenvalue weighted by atomic mass is 32.1. The number of thiazole rings is 1. The maximum Gasteiger partial charge on any atom is 0.326 e. The van der Waals surface area contributed by atoms with E-state index in [9.17, 15) is 14.7 Å². The molecule has 0 bridgehead atoms. The molecule has 3 rings (SSSR count). The number of carbonyl (C=O) groups excluding carboxylic acids is 1. The van der Waals surface area contributed by atoms with Crippen LogP contribution in [-0.2, 0) is 4.79 Å². The van der Waals surface area contributed by atoms with Gasteiger partial charge in [0.25, 0.3) is 5.91 Å². The topological polar surface area (TPSA) is 79.7 Å². The van der Waals surface area contributed by atoms with E-state index < -0.39 is 12.0 Å². The van der Waals surface area contributed by atoms with Crippen LogP contribution in [0.25, 0.3) is 10.6 Å². The summed E-state index contributed by atoms with van der Waals surface area (Å²) in [6, 6.07) is 6.83. The van der Waals surface area contributed by atoms with Crippen molar-refractivity contribution < 1.29 is 19.4 Å². The van der Waals surface area contributed by atoms with E-state index in [1.807, 2.05) is 31.2 Å². The SMILES string of the molecule is CCOc1ccc(-c2nc(C)c(C(=O)N3CCC[C@H]3C(=O)O)s2)cc1. The van der Waals surface area contributed by atoms with Gasteiger partial charge in [-0.3, -0.25) is 4.79 Å². The molecule has 132 valence electrons. The van der Waals surface area contributed by atoms with Crippen molar-refractivity contribution in [2.45, 2.75) is 32.7 Å². The number of hydrogen-bond donors (Lipinski definition) is 1. The first-order valence-corrected chi connectivity index (χ1v) is 9.07. The highest BCUT2D eigenvalue weighted by Crippen LogP contribution is 2.31. The van der Waals surface area contributed by atoms with E-state index in [-0.39, 0.29) is 5.91 Å². The van der Waals surface area contributed by atoms with Crippen LogP contribution in [0.3, 0.4) is 0 Å². The van der Waals surface area contributed by atoms with Crippen LogP contribution in [0.5, 0.6) is 5.75 Å². The number of carboxylic acids is 1. The van der Waals surface area contributed by atoms with E-state index in [1.54, 1.807) is 6.92 Å². The summed E-state index contributed by atoms with van der Waals surface area (Å²) in [7, 11) is 0. The van der Waals surface area contributed by atoms with E-state index >= 15 is 0 Å². The highest BCUT2D eigenvalue weighted by molar-refractivity contribution is 7.17. The van der Waals surface area contributed by atoms with E-state index in [2.05, 4.69) is 4.98 Å². The molecule has 7 heteroatoms. The van der Waals surface area contributed by atoms with E-state index in [4.69, 9.17) is 4.74 Å². The first-order chi connectivity index (χ1) is 12.0. The molecule has 1 saturated heterocycles. The van der Waals surface area contributed by atoms with Gasteiger partial charge in [-0.2, -0.15) is 0 Å². The fourth-order valence-corrected chi connectivity index (χ4v) is 4.00. The van der Waals surface area contributed by atoms with Crippen molar-refractivity contribution in [2.24, 2.45) is 0 Å². The Morgan fingerprint density at radius 2 is 2.08 bits per heavy atom. The summed E-state index contributed by atoms with van der Waals surface area (Å²) in [5.41, 5.74) is 1.54. The molecule has 1 aromatic heterocycles. The number of hydrogen-bond acceptors (Lipinski definition) is 5. The number of benzene rings is 1. The standard InChI is InChI=1S/C18H20N2O4S/c1-3-24-13-8-6-12(7-9-13)16-19-11(2)15(25-16)17(21)20-10-4-5-14(20)18(22)23/h6-9,14H,3-5,10H2,1-2H3,(H,22,23)/t14-/m0/s1. The van der Waals surface area contributed by atoms with Crippen molar-refractivity contribution in [1.29, 1.82) is 0 Å². The maximum atomic E-state index is 12.8. The lowest BCUT2D eigenvalue weighted by Crippen LogP contribution is -2.40. The summed E-state index contributed by atoms with van der Waals surface area (Å²) in [5.74, 6) is -0.394. The second kappa shape index (κ2) is 7.23. The minimum absolute atomic E-state index is 0.239. The lowest BCUT2D eigenvalue weighted by atomic mass is 10.2. The molecule has 2 heterocycles. The number of nitrogens with zero attached hydrogens (tertiary/aromatic N) is 2. The Hall–Kier alpha value is -2.41. The Morgan fingerprint density at radius 3 is 2.72 bits per heavy atom. The third-order valence-corrected chi connectivity index (χ3v) is 5.40. The number of aryl methyl sites for hydroxylation is 1. The third-order valence-electron chi connectivity index (χ3n) is 4.20. The number of aliphatic carboxylic acids is 1. The Balaban J connectivity index is 1.84. The van der Waals surface area contributed by atoms with Crippen molar-refractivity contribution >= 4 is 23.2 Å². The summed E-state index contributed by atoms with van der Waals surface area (Å²) in [4.78, 5) is 30.6. The van der Waals surface area contributed by atoms with Crippen molar-refractivity contribution in [3.63, 3.8) is 0 Å². The first kappa shape index (κ1) is 17.4. The third kappa shape index (κ3) is 3.51. The molecular formula is C18H20N2O4S. The summed E-state index contributed by atoms with van der Waals surface area (Å²) in [6.45, 7) is 4.80. The molecule has 1 amide bonds. The number of likely N-dealkylation sites (tertiary alicyclic amines) is 1. The maximum absolute atomic E-state index is 12.8. The number of amides is 1. The van der Waals surface area contributed by atoms with Gasteiger partial charge in [-0.05, 0) is 51.0 Å². The van der Waals surface area contributed by atoms with Crippen LogP contribution < -0.4 is 4.74 Å². The zero-order valence-corrected chi connectivity index (χ0v) is 15.0. The molecule has 0 saturated carbocycles. The van der Waals surface area contributed by atoms with E-state index in [0.717, 1.165) is 16.3 Å². The van der Waals surface area contributed by atoms with Gasteiger partial charge in [0, 0.05) is 12.1 Å². The minimum Gasteiger partial charge on any atom is -0.494 e. The number of carboxylic acid groups (broad SMARTS) is 1. The van der Waals surface area contributed by atoms with Gasteiger partial charge in [-0.1, -0.05) is 0 Å². The van der Waals surface area contributed by atoms with Crippen LogP contribution >= 0.6 is 11.3 Å². The van der Waals surface area contributed by atoms with Gasteiger partial charge in [0.15, 0.2) is 0 Å². The molecule has 0 aliphatic carbocycles. The Bertz CT molecular complexity index is 785. The van der Waals surface area contributed by atoms with Gasteiger partial charge in [0.2, 0.25) is 0 Å². The Kier molecular flexibility index (Phi) is 5.03. The molecule has 1 aliphatic rings. The second-order valence-corrected chi connectivity index (χ2v) is 6.88. The zero-order valence-electron chi connectivity index (χ0n) is 14.2. The van der Waals surface area contributed by atoms with Crippen molar-refractivity contribution in [2.75, 3.05) is 13.2 Å². The number of rotatable bonds is 5. The van der Waals surface area contributed by atoms with Gasteiger partial charge >= 0.3 is 5.97 Å². The summed E-state index contributed by atoms with van der Waals surface area (Å²) < 4.78 is 5.43. The van der Waals surface area contributed by atoms with Gasteiger partial charge in [-0.15, -0.1) is 11.3 Å². The van der Waals surface area contributed by atoms with Crippen LogP contribution in [0.15, 0.2) is 24.3 Å². The molecule has 0 unspecified atom stereocenters. The predicted octanol–water partition coefficient (Wildman–Crippen LogP) is 3.21. The number of carbonyl (C=O) groups is 2. The van der Waals surface area contributed by atoms with Crippen LogP contribution in [0.4, 0.5) is 0 Å². The van der Waals surface area contributed by atoms with Crippen LogP contribution in [-0.4, -0.2) is 46.1 Å². The van der Waals surface area contributed by atoms with Crippen LogP contribution in [0.2, 0.25) is 0 Å². The van der Waals surface area contributed by atoms with E-state index in [1.165, 1.54) is 16.2 Å². The average Bonchev–Trinajstić information content (AvgIpc) is 3.22. The minimum atomic E-state index is -0.945. The molecule has 0 radical (unpaired) electrons. The molecule has 1 fully saturated rings. The molecule has 25 heavy (non-hydrogen) atoms. The van der Waals surface area contributed by atoms with Gasteiger partial charge < -0.3 is 14.7 Å². The van der Waals surface area contributed by atoms with E-state index in [0.29, 0.717) is 36.6 Å². The number of aromatic nitrogens is 1. The van der Waals surface area contributed by atoms with Gasteiger partial charge in [0.1, 0.15) is 21.7 Å². The van der Waals surface area contributed by atoms with Crippen LogP contribution in [0.1, 0.15) is 35.1 Å². The lowest BCUT2D eigenvalue weighted by Gasteiger charge is -2.20. The summed E-state index contributed by atoms with van der Waals surface area (Å²) in [6.07, 6.45) is 1.22. The molecule has 2 aromatic rings. The fourth-order valence-electron chi connectivity index (χ4n) is 2.98. The molecule has 6 nitrogen and oxygen atoms in total. The lowest BCUT2D eigenvalue weighted by molar-refractivity contribution is -0.141. The molecular weight excluding hydrogens is 340 g/mol. The fraction of sp³-hybridized carbons (Fsp3) is 0.389. The second-order valence-electron chi connectivity index (χ2n) is 5.89. The Labute approximate surface area is 150 Å².